The quantitative estimate of drug-likeness (QED) is 0.349. The second-order valence-corrected chi connectivity index (χ2v) is 11.5. The van der Waals surface area contributed by atoms with Crippen molar-refractivity contribution in [2.75, 3.05) is 13.1 Å². The van der Waals surface area contributed by atoms with Crippen LogP contribution in [-0.2, 0) is 24.8 Å². The van der Waals surface area contributed by atoms with Crippen molar-refractivity contribution in [2.45, 2.75) is 72.1 Å². The molecule has 1 aliphatic rings. The monoisotopic (exact) mass is 529 g/mol. The van der Waals surface area contributed by atoms with Crippen LogP contribution in [0.4, 0.5) is 4.79 Å². The number of hydrogen-bond acceptors (Lipinski definition) is 4. The molecule has 5 rings (SSSR count). The Morgan fingerprint density at radius 1 is 1.13 bits per heavy atom. The highest BCUT2D eigenvalue weighted by Crippen LogP contribution is 2.32. The number of alkyl carbamates (subject to hydrolysis) is 1. The van der Waals surface area contributed by atoms with E-state index in [4.69, 9.17) is 9.72 Å². The van der Waals surface area contributed by atoms with Gasteiger partial charge in [-0.2, -0.15) is 0 Å². The van der Waals surface area contributed by atoms with Gasteiger partial charge in [-0.25, -0.2) is 9.78 Å². The van der Waals surface area contributed by atoms with E-state index in [1.807, 2.05) is 32.9 Å². The molecule has 0 radical (unpaired) electrons. The van der Waals surface area contributed by atoms with Gasteiger partial charge in [-0.05, 0) is 76.8 Å². The molecule has 1 N–H and O–H groups in total. The van der Waals surface area contributed by atoms with Gasteiger partial charge in [-0.1, -0.05) is 25.1 Å². The number of amides is 2. The number of aromatic nitrogens is 3. The Morgan fingerprint density at radius 2 is 1.90 bits per heavy atom. The number of carbonyl (C=O) groups excluding carboxylic acids is 2. The second-order valence-electron chi connectivity index (χ2n) is 11.5. The number of benzene rings is 2. The number of aryl methyl sites for hydroxylation is 3. The molecule has 1 saturated heterocycles. The molecule has 3 heterocycles. The number of para-hydroxylation sites is 1. The minimum atomic E-state index is -0.443. The number of nitrogens with zero attached hydrogens (tertiary/aromatic N) is 4. The average molecular weight is 530 g/mol. The van der Waals surface area contributed by atoms with Gasteiger partial charge in [0.05, 0.1) is 23.3 Å². The first-order valence-corrected chi connectivity index (χ1v) is 14.0. The van der Waals surface area contributed by atoms with E-state index in [0.29, 0.717) is 18.7 Å². The van der Waals surface area contributed by atoms with Crippen LogP contribution in [0.25, 0.3) is 33.5 Å². The summed E-state index contributed by atoms with van der Waals surface area (Å²) >= 11 is 0. The Labute approximate surface area is 229 Å². The number of piperidine rings is 1. The molecule has 0 saturated carbocycles. The fourth-order valence-electron chi connectivity index (χ4n) is 5.69. The van der Waals surface area contributed by atoms with Crippen molar-refractivity contribution in [1.82, 2.24) is 24.3 Å². The second kappa shape index (κ2) is 10.4. The van der Waals surface area contributed by atoms with Gasteiger partial charge in [0.1, 0.15) is 6.10 Å². The first kappa shape index (κ1) is 26.8. The summed E-state index contributed by atoms with van der Waals surface area (Å²) in [4.78, 5) is 32.9. The summed E-state index contributed by atoms with van der Waals surface area (Å²) in [5.41, 5.74) is 5.46. The first-order valence-electron chi connectivity index (χ1n) is 14.0. The van der Waals surface area contributed by atoms with E-state index < -0.39 is 6.09 Å². The van der Waals surface area contributed by atoms with Gasteiger partial charge < -0.3 is 24.1 Å². The number of imidazole rings is 1. The van der Waals surface area contributed by atoms with Crippen LogP contribution < -0.4 is 5.32 Å². The molecule has 0 aliphatic carbocycles. The third-order valence-electron chi connectivity index (χ3n) is 7.45. The van der Waals surface area contributed by atoms with Crippen LogP contribution in [0.1, 0.15) is 63.4 Å². The van der Waals surface area contributed by atoms with Gasteiger partial charge in [0, 0.05) is 42.1 Å². The maximum Gasteiger partial charge on any atom is 0.407 e. The lowest BCUT2D eigenvalue weighted by atomic mass is 10.0. The highest BCUT2D eigenvalue weighted by molar-refractivity contribution is 5.99. The molecular formula is C31H39N5O3. The van der Waals surface area contributed by atoms with Gasteiger partial charge in [0.25, 0.3) is 5.91 Å². The van der Waals surface area contributed by atoms with Crippen LogP contribution in [0, 0.1) is 0 Å². The molecule has 2 aromatic carbocycles. The molecule has 0 bridgehead atoms. The number of ether oxygens (including phenoxy) is 1. The molecule has 0 unspecified atom stereocenters. The van der Waals surface area contributed by atoms with Gasteiger partial charge in [0.15, 0.2) is 5.82 Å². The maximum absolute atomic E-state index is 13.7. The molecular weight excluding hydrogens is 490 g/mol. The summed E-state index contributed by atoms with van der Waals surface area (Å²) in [6.45, 7) is 11.9. The molecule has 1 atom stereocenters. The third-order valence-corrected chi connectivity index (χ3v) is 7.45. The maximum atomic E-state index is 13.7. The van der Waals surface area contributed by atoms with E-state index in [1.165, 1.54) is 10.9 Å². The lowest BCUT2D eigenvalue weighted by Gasteiger charge is -2.33. The molecule has 2 aromatic heterocycles. The Hall–Kier alpha value is -3.81. The number of hydrogen-bond donors (Lipinski definition) is 1. The number of rotatable bonds is 5. The summed E-state index contributed by atoms with van der Waals surface area (Å²) in [6, 6.07) is 14.5. The predicted molar refractivity (Wildman–Crippen MR) is 155 cm³/mol. The van der Waals surface area contributed by atoms with Crippen molar-refractivity contribution in [3.63, 3.8) is 0 Å². The SMILES string of the molecule is CCc1cc(C(=O)N2CCC[C@@H](OC(=O)NC(C)(C)C)C2)cc2nc(-c3cc4ccccc4n3CC)n(C)c12. The van der Waals surface area contributed by atoms with Crippen molar-refractivity contribution in [1.29, 1.82) is 0 Å². The third kappa shape index (κ3) is 5.24. The number of nitrogens with one attached hydrogen (secondary N) is 1. The van der Waals surface area contributed by atoms with E-state index in [0.717, 1.165) is 53.9 Å². The van der Waals surface area contributed by atoms with Crippen LogP contribution >= 0.6 is 0 Å². The average Bonchev–Trinajstić information content (AvgIpc) is 3.43. The van der Waals surface area contributed by atoms with Gasteiger partial charge >= 0.3 is 6.09 Å². The van der Waals surface area contributed by atoms with Crippen molar-refractivity contribution < 1.29 is 14.3 Å². The summed E-state index contributed by atoms with van der Waals surface area (Å²) in [5.74, 6) is 0.838. The molecule has 8 heteroatoms. The fourth-order valence-corrected chi connectivity index (χ4v) is 5.69. The fraction of sp³-hybridized carbons (Fsp3) is 0.452. The normalized spacial score (nSPS) is 16.2. The molecule has 39 heavy (non-hydrogen) atoms. The molecule has 2 amide bonds. The summed E-state index contributed by atoms with van der Waals surface area (Å²) < 4.78 is 10.1. The standard InChI is InChI=1S/C31H39N5O3/c1-7-20-16-22(29(37)35-15-11-13-23(19-35)39-30(38)33-31(3,4)5)17-24-27(20)34(6)28(32-24)26-18-21-12-9-10-14-25(21)36(26)8-2/h9-10,12,14,16-18,23H,7-8,11,13,15,19H2,1-6H3,(H,33,38)/t23-/m1/s1. The first-order chi connectivity index (χ1) is 18.6. The summed E-state index contributed by atoms with van der Waals surface area (Å²) in [7, 11) is 2.05. The Morgan fingerprint density at radius 3 is 2.62 bits per heavy atom. The van der Waals surface area contributed by atoms with Crippen molar-refractivity contribution in [3.8, 4) is 11.5 Å². The van der Waals surface area contributed by atoms with E-state index >= 15 is 0 Å². The Balaban J connectivity index is 1.46. The van der Waals surface area contributed by atoms with Crippen molar-refractivity contribution in [2.24, 2.45) is 7.05 Å². The van der Waals surface area contributed by atoms with Gasteiger partial charge in [-0.15, -0.1) is 0 Å². The van der Waals surface area contributed by atoms with Crippen molar-refractivity contribution in [3.05, 3.63) is 53.6 Å². The molecule has 206 valence electrons. The molecule has 4 aromatic rings. The minimum absolute atomic E-state index is 0.0500. The van der Waals surface area contributed by atoms with Crippen LogP contribution in [0.2, 0.25) is 0 Å². The lowest BCUT2D eigenvalue weighted by molar-refractivity contribution is 0.0323. The van der Waals surface area contributed by atoms with Crippen molar-refractivity contribution >= 4 is 33.9 Å². The van der Waals surface area contributed by atoms with Crippen LogP contribution in [0.15, 0.2) is 42.5 Å². The highest BCUT2D eigenvalue weighted by Gasteiger charge is 2.29. The molecule has 8 nitrogen and oxygen atoms in total. The zero-order chi connectivity index (χ0) is 27.9. The van der Waals surface area contributed by atoms with Gasteiger partial charge in [-0.3, -0.25) is 4.79 Å². The van der Waals surface area contributed by atoms with E-state index in [-0.39, 0.29) is 17.6 Å². The Kier molecular flexibility index (Phi) is 7.14. The Bertz CT molecular complexity index is 1540. The smallest absolute Gasteiger partial charge is 0.407 e. The molecule has 1 aliphatic heterocycles. The lowest BCUT2D eigenvalue weighted by Crippen LogP contribution is -2.47. The van der Waals surface area contributed by atoms with E-state index in [1.54, 1.807) is 4.90 Å². The molecule has 1 fully saturated rings. The largest absolute Gasteiger partial charge is 0.444 e. The topological polar surface area (TPSA) is 81.4 Å². The highest BCUT2D eigenvalue weighted by atomic mass is 16.6. The predicted octanol–water partition coefficient (Wildman–Crippen LogP) is 5.91. The van der Waals surface area contributed by atoms with E-state index in [2.05, 4.69) is 65.7 Å². The zero-order valence-corrected chi connectivity index (χ0v) is 23.9. The summed E-state index contributed by atoms with van der Waals surface area (Å²) in [5, 5.41) is 4.02. The van der Waals surface area contributed by atoms with Gasteiger partial charge in [0.2, 0.25) is 0 Å². The number of likely N-dealkylation sites (tertiary alicyclic amines) is 1. The van der Waals surface area contributed by atoms with Crippen LogP contribution in [-0.4, -0.2) is 55.8 Å². The summed E-state index contributed by atoms with van der Waals surface area (Å²) in [6.07, 6.45) is 1.55. The molecule has 0 spiro atoms. The minimum Gasteiger partial charge on any atom is -0.444 e. The van der Waals surface area contributed by atoms with Crippen LogP contribution in [0.3, 0.4) is 0 Å². The number of fused-ring (bicyclic) bond motifs is 2. The van der Waals surface area contributed by atoms with E-state index in [9.17, 15) is 9.59 Å². The zero-order valence-electron chi connectivity index (χ0n) is 23.9. The van der Waals surface area contributed by atoms with Crippen LogP contribution in [0.5, 0.6) is 0 Å². The number of carbonyl (C=O) groups is 2.